The Morgan fingerprint density at radius 1 is 1.10 bits per heavy atom. The molecule has 3 aromatic rings. The number of carbonyl (C=O) groups is 1. The third kappa shape index (κ3) is 4.72. The van der Waals surface area contributed by atoms with Gasteiger partial charge in [0.15, 0.2) is 5.78 Å². The van der Waals surface area contributed by atoms with Gasteiger partial charge in [-0.15, -0.1) is 0 Å². The van der Waals surface area contributed by atoms with Crippen molar-refractivity contribution in [1.29, 1.82) is 0 Å². The summed E-state index contributed by atoms with van der Waals surface area (Å²) in [4.78, 5) is 20.7. The molecule has 0 amide bonds. The van der Waals surface area contributed by atoms with Crippen molar-refractivity contribution in [3.8, 4) is 11.5 Å². The number of rotatable bonds is 9. The molecule has 0 fully saturated rings. The second kappa shape index (κ2) is 9.20. The summed E-state index contributed by atoms with van der Waals surface area (Å²) in [6.07, 6.45) is 0. The molecular weight excluding hydrogens is 372 g/mol. The van der Waals surface area contributed by atoms with Gasteiger partial charge in [-0.2, -0.15) is 4.98 Å². The fourth-order valence-electron chi connectivity index (χ4n) is 2.92. The molecule has 8 heteroatoms. The Bertz CT molecular complexity index is 1020. The van der Waals surface area contributed by atoms with Crippen LogP contribution in [-0.4, -0.2) is 48.2 Å². The van der Waals surface area contributed by atoms with Crippen LogP contribution in [0.25, 0.3) is 10.9 Å². The highest BCUT2D eigenvalue weighted by molar-refractivity contribution is 5.93. The minimum Gasteiger partial charge on any atom is -0.497 e. The largest absolute Gasteiger partial charge is 0.497 e. The fourth-order valence-corrected chi connectivity index (χ4v) is 2.92. The highest BCUT2D eigenvalue weighted by Crippen LogP contribution is 2.27. The molecule has 0 aliphatic rings. The zero-order valence-electron chi connectivity index (χ0n) is 16.7. The number of methoxy groups -OCH3 is 2. The number of carbonyl (C=O) groups excluding carboxylic acids is 1. The van der Waals surface area contributed by atoms with Crippen LogP contribution in [0.15, 0.2) is 36.4 Å². The van der Waals surface area contributed by atoms with E-state index in [2.05, 4.69) is 20.6 Å². The maximum atomic E-state index is 11.5. The number of hydrogen-bond acceptors (Lipinski definition) is 8. The Kier molecular flexibility index (Phi) is 6.46. The lowest BCUT2D eigenvalue weighted by atomic mass is 10.1. The third-order valence-electron chi connectivity index (χ3n) is 4.49. The zero-order valence-corrected chi connectivity index (χ0v) is 16.7. The summed E-state index contributed by atoms with van der Waals surface area (Å²) in [6.45, 7) is 1.88. The highest BCUT2D eigenvalue weighted by Gasteiger charge is 2.12. The average molecular weight is 396 g/mol. The molecule has 0 aliphatic heterocycles. The lowest BCUT2D eigenvalue weighted by Crippen LogP contribution is -2.18. The number of fused-ring (bicyclic) bond motifs is 1. The molecule has 152 valence electrons. The summed E-state index contributed by atoms with van der Waals surface area (Å²) >= 11 is 0. The number of hydrogen-bond donors (Lipinski definition) is 3. The number of para-hydroxylation sites is 1. The highest BCUT2D eigenvalue weighted by atomic mass is 16.5. The minimum absolute atomic E-state index is 0.0116. The van der Waals surface area contributed by atoms with Crippen molar-refractivity contribution in [3.63, 3.8) is 0 Å². The Morgan fingerprint density at radius 2 is 1.93 bits per heavy atom. The number of nitrogens with zero attached hydrogens (tertiary/aromatic N) is 2. The van der Waals surface area contributed by atoms with E-state index in [1.165, 1.54) is 0 Å². The van der Waals surface area contributed by atoms with Gasteiger partial charge < -0.3 is 25.2 Å². The summed E-state index contributed by atoms with van der Waals surface area (Å²) in [6, 6.07) is 11.4. The quantitative estimate of drug-likeness (QED) is 0.507. The zero-order chi connectivity index (χ0) is 20.8. The number of ketones is 1. The number of Topliss-reactive ketones (excluding diaryl/α,β-unsaturated/α-hetero) is 1. The Balaban J connectivity index is 1.89. The molecule has 2 aromatic carbocycles. The van der Waals surface area contributed by atoms with Crippen LogP contribution in [0.3, 0.4) is 0 Å². The molecule has 3 rings (SSSR count). The van der Waals surface area contributed by atoms with E-state index in [1.54, 1.807) is 14.2 Å². The average Bonchev–Trinajstić information content (AvgIpc) is 2.76. The normalized spacial score (nSPS) is 10.6. The predicted octanol–water partition coefficient (Wildman–Crippen LogP) is 2.54. The molecule has 0 unspecified atom stereocenters. The molecule has 0 saturated carbocycles. The Labute approximate surface area is 168 Å². The molecule has 1 heterocycles. The van der Waals surface area contributed by atoms with Gasteiger partial charge in [0.25, 0.3) is 0 Å². The summed E-state index contributed by atoms with van der Waals surface area (Å²) < 4.78 is 10.7. The second-order valence-corrected chi connectivity index (χ2v) is 6.45. The van der Waals surface area contributed by atoms with Crippen molar-refractivity contribution < 1.29 is 19.4 Å². The first-order chi connectivity index (χ1) is 14.0. The van der Waals surface area contributed by atoms with E-state index in [0.29, 0.717) is 29.8 Å². The van der Waals surface area contributed by atoms with Gasteiger partial charge in [0, 0.05) is 23.6 Å². The van der Waals surface area contributed by atoms with Gasteiger partial charge in [0.05, 0.1) is 26.3 Å². The first-order valence-corrected chi connectivity index (χ1v) is 9.14. The van der Waals surface area contributed by atoms with Crippen LogP contribution >= 0.6 is 0 Å². The van der Waals surface area contributed by atoms with E-state index >= 15 is 0 Å². The number of aryl methyl sites for hydroxylation is 1. The number of nitrogens with one attached hydrogen (secondary N) is 2. The van der Waals surface area contributed by atoms with Crippen LogP contribution in [0.1, 0.15) is 11.1 Å². The van der Waals surface area contributed by atoms with Crippen molar-refractivity contribution in [3.05, 3.63) is 47.5 Å². The standard InChI is InChI=1S/C21H24N4O4/c1-13-5-4-6-17-19(13)24-21(25-20(17)22-11-15(27)12-26)23-10-14-7-8-16(28-2)9-18(14)29-3/h4-9,26H,10-12H2,1-3H3,(H2,22,23,24,25). The van der Waals surface area contributed by atoms with Crippen molar-refractivity contribution in [2.45, 2.75) is 13.5 Å². The molecule has 0 bridgehead atoms. The van der Waals surface area contributed by atoms with Crippen LogP contribution in [0, 0.1) is 6.92 Å². The van der Waals surface area contributed by atoms with Gasteiger partial charge in [0.1, 0.15) is 23.9 Å². The summed E-state index contributed by atoms with van der Waals surface area (Å²) in [7, 11) is 3.21. The van der Waals surface area contributed by atoms with Crippen LogP contribution in [0.2, 0.25) is 0 Å². The number of ether oxygens (including phenoxy) is 2. The van der Waals surface area contributed by atoms with Crippen LogP contribution < -0.4 is 20.1 Å². The number of aliphatic hydroxyl groups is 1. The molecule has 1 aromatic heterocycles. The molecular formula is C21H24N4O4. The molecule has 8 nitrogen and oxygen atoms in total. The van der Waals surface area contributed by atoms with Gasteiger partial charge in [-0.05, 0) is 30.7 Å². The van der Waals surface area contributed by atoms with Crippen molar-refractivity contribution in [1.82, 2.24) is 9.97 Å². The van der Waals surface area contributed by atoms with Crippen LogP contribution in [-0.2, 0) is 11.3 Å². The lowest BCUT2D eigenvalue weighted by molar-refractivity contribution is -0.120. The van der Waals surface area contributed by atoms with Gasteiger partial charge in [-0.1, -0.05) is 12.1 Å². The lowest BCUT2D eigenvalue weighted by Gasteiger charge is -2.14. The smallest absolute Gasteiger partial charge is 0.225 e. The predicted molar refractivity (Wildman–Crippen MR) is 112 cm³/mol. The topological polar surface area (TPSA) is 106 Å². The number of aliphatic hydroxyl groups excluding tert-OH is 1. The Hall–Kier alpha value is -3.39. The molecule has 0 atom stereocenters. The third-order valence-corrected chi connectivity index (χ3v) is 4.49. The minimum atomic E-state index is -0.516. The summed E-state index contributed by atoms with van der Waals surface area (Å²) in [5, 5.41) is 16.0. The first kappa shape index (κ1) is 20.3. The molecule has 0 saturated heterocycles. The van der Waals surface area contributed by atoms with Crippen molar-refractivity contribution in [2.24, 2.45) is 0 Å². The van der Waals surface area contributed by atoms with Crippen LogP contribution in [0.4, 0.5) is 11.8 Å². The fraction of sp³-hybridized carbons (Fsp3) is 0.286. The summed E-state index contributed by atoms with van der Waals surface area (Å²) in [5.41, 5.74) is 2.70. The van der Waals surface area contributed by atoms with E-state index < -0.39 is 6.61 Å². The molecule has 3 N–H and O–H groups in total. The van der Waals surface area contributed by atoms with Gasteiger partial charge in [-0.25, -0.2) is 4.98 Å². The number of benzene rings is 2. The summed E-state index contributed by atoms with van der Waals surface area (Å²) in [5.74, 6) is 2.04. The SMILES string of the molecule is COc1ccc(CNc2nc(NCC(=O)CO)c3cccc(C)c3n2)c(OC)c1. The van der Waals surface area contributed by atoms with Crippen molar-refractivity contribution in [2.75, 3.05) is 38.0 Å². The van der Waals surface area contributed by atoms with E-state index in [9.17, 15) is 4.79 Å². The van der Waals surface area contributed by atoms with E-state index in [1.807, 2.05) is 43.3 Å². The number of anilines is 2. The van der Waals surface area contributed by atoms with Gasteiger partial charge >= 0.3 is 0 Å². The molecule has 29 heavy (non-hydrogen) atoms. The van der Waals surface area contributed by atoms with Crippen LogP contribution in [0.5, 0.6) is 11.5 Å². The molecule has 0 radical (unpaired) electrons. The maximum Gasteiger partial charge on any atom is 0.225 e. The maximum absolute atomic E-state index is 11.5. The van der Waals surface area contributed by atoms with E-state index in [0.717, 1.165) is 22.0 Å². The molecule has 0 aliphatic carbocycles. The van der Waals surface area contributed by atoms with Gasteiger partial charge in [-0.3, -0.25) is 4.79 Å². The molecule has 0 spiro atoms. The first-order valence-electron chi connectivity index (χ1n) is 9.14. The van der Waals surface area contributed by atoms with E-state index in [-0.39, 0.29) is 12.3 Å². The van der Waals surface area contributed by atoms with Crippen molar-refractivity contribution >= 4 is 28.5 Å². The Morgan fingerprint density at radius 3 is 2.66 bits per heavy atom. The van der Waals surface area contributed by atoms with E-state index in [4.69, 9.17) is 14.6 Å². The second-order valence-electron chi connectivity index (χ2n) is 6.45. The number of aromatic nitrogens is 2. The monoisotopic (exact) mass is 396 g/mol. The van der Waals surface area contributed by atoms with Gasteiger partial charge in [0.2, 0.25) is 5.95 Å².